The van der Waals surface area contributed by atoms with Gasteiger partial charge in [0.25, 0.3) is 5.91 Å². The van der Waals surface area contributed by atoms with Gasteiger partial charge < -0.3 is 9.47 Å². The zero-order valence-electron chi connectivity index (χ0n) is 16.8. The number of amides is 1. The average Bonchev–Trinajstić information content (AvgIpc) is 3.40. The van der Waals surface area contributed by atoms with E-state index in [4.69, 9.17) is 0 Å². The van der Waals surface area contributed by atoms with Crippen LogP contribution in [-0.4, -0.2) is 53.6 Å². The number of carbonyl (C=O) groups is 1. The summed E-state index contributed by atoms with van der Waals surface area (Å²) in [5.74, 6) is 1.74. The number of nitrogens with one attached hydrogen (secondary N) is 1. The zero-order chi connectivity index (χ0) is 20.5. The lowest BCUT2D eigenvalue weighted by Crippen LogP contribution is -2.39. The maximum Gasteiger partial charge on any atom is 0.255 e. The molecule has 0 aliphatic carbocycles. The van der Waals surface area contributed by atoms with Crippen LogP contribution >= 0.6 is 0 Å². The molecule has 0 saturated carbocycles. The highest BCUT2D eigenvalue weighted by atomic mass is 16.2. The fraction of sp³-hybridized carbons (Fsp3) is 0.318. The van der Waals surface area contributed by atoms with Gasteiger partial charge >= 0.3 is 0 Å². The lowest BCUT2D eigenvalue weighted by Gasteiger charge is -2.31. The van der Waals surface area contributed by atoms with Crippen molar-refractivity contribution in [2.75, 3.05) is 13.1 Å². The van der Waals surface area contributed by atoms with Crippen LogP contribution in [0.4, 0.5) is 0 Å². The van der Waals surface area contributed by atoms with Gasteiger partial charge in [0.2, 0.25) is 0 Å². The molecule has 8 heteroatoms. The highest BCUT2D eigenvalue weighted by Crippen LogP contribution is 2.26. The molecule has 1 aliphatic heterocycles. The average molecular weight is 401 g/mol. The number of rotatable bonds is 4. The third-order valence-corrected chi connectivity index (χ3v) is 5.59. The number of imidazole rings is 1. The number of aromatic amines is 1. The molecule has 3 aromatic heterocycles. The second kappa shape index (κ2) is 7.70. The van der Waals surface area contributed by atoms with Gasteiger partial charge in [-0.15, -0.1) is 0 Å². The topological polar surface area (TPSA) is 92.6 Å². The molecular weight excluding hydrogens is 378 g/mol. The van der Waals surface area contributed by atoms with Crippen LogP contribution in [0.3, 0.4) is 0 Å². The molecule has 5 rings (SSSR count). The van der Waals surface area contributed by atoms with Gasteiger partial charge in [-0.1, -0.05) is 30.3 Å². The molecule has 1 amide bonds. The normalized spacial score (nSPS) is 16.8. The monoisotopic (exact) mass is 401 g/mol. The van der Waals surface area contributed by atoms with Gasteiger partial charge in [0, 0.05) is 25.2 Å². The van der Waals surface area contributed by atoms with E-state index in [1.165, 1.54) is 5.56 Å². The van der Waals surface area contributed by atoms with Gasteiger partial charge in [0.1, 0.15) is 11.3 Å². The summed E-state index contributed by atoms with van der Waals surface area (Å²) < 4.78 is 2.00. The number of likely N-dealkylation sites (tertiary alicyclic amines) is 1. The van der Waals surface area contributed by atoms with Gasteiger partial charge in [-0.05, 0) is 31.4 Å². The van der Waals surface area contributed by atoms with E-state index in [1.54, 1.807) is 12.5 Å². The SMILES string of the molecule is Cc1nc(C2CCCN(C(=O)c3cnc4c(c3)ncn4Cc3ccccc3)C2)n[nH]1. The van der Waals surface area contributed by atoms with E-state index in [1.807, 2.05) is 40.7 Å². The standard InChI is InChI=1S/C22H23N7O/c1-15-25-20(27-26-15)17-8-5-9-28(13-17)22(30)18-10-19-21(23-11-18)29(14-24-19)12-16-6-3-2-4-7-16/h2-4,6-7,10-11,14,17H,5,8-9,12-13H2,1H3,(H,25,26,27). The summed E-state index contributed by atoms with van der Waals surface area (Å²) in [4.78, 5) is 28.5. The molecule has 1 unspecified atom stereocenters. The number of aryl methyl sites for hydroxylation is 1. The minimum absolute atomic E-state index is 0.0148. The number of pyridine rings is 1. The second-order valence-electron chi connectivity index (χ2n) is 7.79. The Balaban J connectivity index is 1.35. The first-order valence-corrected chi connectivity index (χ1v) is 10.2. The van der Waals surface area contributed by atoms with Crippen molar-refractivity contribution in [2.24, 2.45) is 0 Å². The Morgan fingerprint density at radius 3 is 2.90 bits per heavy atom. The summed E-state index contributed by atoms with van der Waals surface area (Å²) in [6.45, 7) is 3.94. The first-order valence-electron chi connectivity index (χ1n) is 10.2. The third-order valence-electron chi connectivity index (χ3n) is 5.59. The smallest absolute Gasteiger partial charge is 0.255 e. The summed E-state index contributed by atoms with van der Waals surface area (Å²) in [5.41, 5.74) is 3.26. The number of aromatic nitrogens is 6. The molecule has 152 valence electrons. The minimum Gasteiger partial charge on any atom is -0.338 e. The van der Waals surface area contributed by atoms with Crippen molar-refractivity contribution in [2.45, 2.75) is 32.2 Å². The summed E-state index contributed by atoms with van der Waals surface area (Å²) in [7, 11) is 0. The van der Waals surface area contributed by atoms with Crippen molar-refractivity contribution >= 4 is 17.1 Å². The van der Waals surface area contributed by atoms with Gasteiger partial charge in [-0.2, -0.15) is 5.10 Å². The van der Waals surface area contributed by atoms with Crippen LogP contribution in [-0.2, 0) is 6.54 Å². The lowest BCUT2D eigenvalue weighted by atomic mass is 9.97. The number of carbonyl (C=O) groups excluding carboxylic acids is 1. The van der Waals surface area contributed by atoms with Crippen LogP contribution in [0.1, 0.15) is 46.3 Å². The Kier molecular flexibility index (Phi) is 4.74. The molecule has 1 aromatic carbocycles. The highest BCUT2D eigenvalue weighted by Gasteiger charge is 2.28. The molecule has 8 nitrogen and oxygen atoms in total. The van der Waals surface area contributed by atoms with E-state index < -0.39 is 0 Å². The number of H-pyrrole nitrogens is 1. The van der Waals surface area contributed by atoms with Crippen LogP contribution in [0.2, 0.25) is 0 Å². The fourth-order valence-corrected chi connectivity index (χ4v) is 4.06. The van der Waals surface area contributed by atoms with Crippen LogP contribution in [0.15, 0.2) is 48.9 Å². The zero-order valence-corrected chi connectivity index (χ0v) is 16.8. The van der Waals surface area contributed by atoms with E-state index in [0.717, 1.165) is 42.2 Å². The molecule has 1 atom stereocenters. The Labute approximate surface area is 174 Å². The molecule has 1 N–H and O–H groups in total. The number of hydrogen-bond donors (Lipinski definition) is 1. The molecule has 1 saturated heterocycles. The van der Waals surface area contributed by atoms with E-state index in [0.29, 0.717) is 18.7 Å². The molecule has 0 bridgehead atoms. The predicted molar refractivity (Wildman–Crippen MR) is 112 cm³/mol. The van der Waals surface area contributed by atoms with Crippen molar-refractivity contribution < 1.29 is 4.79 Å². The van der Waals surface area contributed by atoms with Gasteiger partial charge in [0.05, 0.1) is 18.4 Å². The maximum absolute atomic E-state index is 13.1. The number of piperidine rings is 1. The number of fused-ring (bicyclic) bond motifs is 1. The Hall–Kier alpha value is -3.55. The third kappa shape index (κ3) is 3.56. The van der Waals surface area contributed by atoms with Crippen LogP contribution < -0.4 is 0 Å². The Morgan fingerprint density at radius 1 is 1.23 bits per heavy atom. The summed E-state index contributed by atoms with van der Waals surface area (Å²) in [6.07, 6.45) is 5.36. The maximum atomic E-state index is 13.1. The van der Waals surface area contributed by atoms with E-state index >= 15 is 0 Å². The van der Waals surface area contributed by atoms with Crippen LogP contribution in [0.25, 0.3) is 11.2 Å². The molecule has 4 aromatic rings. The molecule has 30 heavy (non-hydrogen) atoms. The summed E-state index contributed by atoms with van der Waals surface area (Å²) in [5, 5.41) is 7.18. The van der Waals surface area contributed by atoms with Crippen molar-refractivity contribution in [3.8, 4) is 0 Å². The highest BCUT2D eigenvalue weighted by molar-refractivity contribution is 5.96. The van der Waals surface area contributed by atoms with Crippen molar-refractivity contribution in [3.63, 3.8) is 0 Å². The minimum atomic E-state index is -0.0148. The fourth-order valence-electron chi connectivity index (χ4n) is 4.06. The summed E-state index contributed by atoms with van der Waals surface area (Å²) >= 11 is 0. The van der Waals surface area contributed by atoms with Gasteiger partial charge in [0.15, 0.2) is 11.5 Å². The molecule has 1 fully saturated rings. The number of hydrogen-bond acceptors (Lipinski definition) is 5. The van der Waals surface area contributed by atoms with Gasteiger partial charge in [-0.3, -0.25) is 9.89 Å². The van der Waals surface area contributed by atoms with Crippen molar-refractivity contribution in [3.05, 3.63) is 71.7 Å². The molecule has 1 aliphatic rings. The van der Waals surface area contributed by atoms with Gasteiger partial charge in [-0.25, -0.2) is 15.0 Å². The van der Waals surface area contributed by atoms with E-state index in [-0.39, 0.29) is 11.8 Å². The predicted octanol–water partition coefficient (Wildman–Crippen LogP) is 2.93. The molecule has 0 radical (unpaired) electrons. The molecule has 4 heterocycles. The van der Waals surface area contributed by atoms with Crippen molar-refractivity contribution in [1.82, 2.24) is 34.6 Å². The first kappa shape index (κ1) is 18.5. The number of nitrogens with zero attached hydrogens (tertiary/aromatic N) is 6. The molecular formula is C22H23N7O. The second-order valence-corrected chi connectivity index (χ2v) is 7.79. The lowest BCUT2D eigenvalue weighted by molar-refractivity contribution is 0.0704. The Bertz CT molecular complexity index is 1180. The van der Waals surface area contributed by atoms with Crippen LogP contribution in [0.5, 0.6) is 0 Å². The Morgan fingerprint density at radius 2 is 2.10 bits per heavy atom. The number of benzene rings is 1. The quantitative estimate of drug-likeness (QED) is 0.568. The largest absolute Gasteiger partial charge is 0.338 e. The first-order chi connectivity index (χ1) is 14.7. The van der Waals surface area contributed by atoms with Crippen LogP contribution in [0, 0.1) is 6.92 Å². The van der Waals surface area contributed by atoms with E-state index in [2.05, 4.69) is 37.3 Å². The van der Waals surface area contributed by atoms with Crippen molar-refractivity contribution in [1.29, 1.82) is 0 Å². The summed E-state index contributed by atoms with van der Waals surface area (Å²) in [6, 6.07) is 12.0. The van der Waals surface area contributed by atoms with E-state index in [9.17, 15) is 4.79 Å². The molecule has 0 spiro atoms.